The number of nitrogens with zero attached hydrogens (tertiary/aromatic N) is 2. The van der Waals surface area contributed by atoms with Crippen molar-refractivity contribution in [3.8, 4) is 0 Å². The lowest BCUT2D eigenvalue weighted by Crippen LogP contribution is -2.39. The zero-order valence-corrected chi connectivity index (χ0v) is 13.5. The number of amides is 3. The van der Waals surface area contributed by atoms with E-state index in [-0.39, 0.29) is 18.1 Å². The maximum absolute atomic E-state index is 13.3. The maximum atomic E-state index is 13.3. The molecule has 126 valence electrons. The summed E-state index contributed by atoms with van der Waals surface area (Å²) >= 11 is 1.54. The molecule has 0 aliphatic carbocycles. The van der Waals surface area contributed by atoms with Crippen molar-refractivity contribution in [2.75, 3.05) is 24.5 Å². The Labute approximate surface area is 141 Å². The Morgan fingerprint density at radius 1 is 1.21 bits per heavy atom. The van der Waals surface area contributed by atoms with Crippen molar-refractivity contribution in [2.45, 2.75) is 6.54 Å². The molecule has 2 aromatic rings. The van der Waals surface area contributed by atoms with Crippen LogP contribution < -0.4 is 10.2 Å². The van der Waals surface area contributed by atoms with Gasteiger partial charge in [-0.25, -0.2) is 13.6 Å². The molecular formula is C16H15F2N3O2S. The molecule has 2 heterocycles. The fraction of sp³-hybridized carbons (Fsp3) is 0.250. The molecule has 5 nitrogen and oxygen atoms in total. The number of nitrogens with one attached hydrogen (secondary N) is 1. The first-order chi connectivity index (χ1) is 11.5. The summed E-state index contributed by atoms with van der Waals surface area (Å²) in [5.74, 6) is -2.23. The van der Waals surface area contributed by atoms with Crippen molar-refractivity contribution in [3.05, 3.63) is 52.2 Å². The van der Waals surface area contributed by atoms with Gasteiger partial charge in [0.15, 0.2) is 11.6 Å². The van der Waals surface area contributed by atoms with Crippen LogP contribution in [-0.4, -0.2) is 36.5 Å². The van der Waals surface area contributed by atoms with Crippen LogP contribution in [-0.2, 0) is 11.3 Å². The van der Waals surface area contributed by atoms with Crippen LogP contribution in [0.3, 0.4) is 0 Å². The van der Waals surface area contributed by atoms with E-state index in [1.54, 1.807) is 11.3 Å². The van der Waals surface area contributed by atoms with Crippen molar-refractivity contribution in [1.82, 2.24) is 10.2 Å². The van der Waals surface area contributed by atoms with Crippen molar-refractivity contribution in [2.24, 2.45) is 0 Å². The number of halogens is 2. The zero-order valence-electron chi connectivity index (χ0n) is 12.7. The van der Waals surface area contributed by atoms with E-state index in [1.165, 1.54) is 15.9 Å². The van der Waals surface area contributed by atoms with E-state index < -0.39 is 17.7 Å². The van der Waals surface area contributed by atoms with Gasteiger partial charge in [-0.2, -0.15) is 11.3 Å². The summed E-state index contributed by atoms with van der Waals surface area (Å²) in [7, 11) is 0. The highest BCUT2D eigenvalue weighted by molar-refractivity contribution is 7.07. The summed E-state index contributed by atoms with van der Waals surface area (Å²) in [6, 6.07) is 4.82. The van der Waals surface area contributed by atoms with Crippen LogP contribution in [0.25, 0.3) is 0 Å². The van der Waals surface area contributed by atoms with Gasteiger partial charge < -0.3 is 10.2 Å². The molecule has 24 heavy (non-hydrogen) atoms. The fourth-order valence-electron chi connectivity index (χ4n) is 2.45. The number of urea groups is 1. The Morgan fingerprint density at radius 3 is 2.75 bits per heavy atom. The third-order valence-electron chi connectivity index (χ3n) is 3.71. The van der Waals surface area contributed by atoms with Crippen LogP contribution >= 0.6 is 11.3 Å². The summed E-state index contributed by atoms with van der Waals surface area (Å²) in [6.45, 7) is 1.02. The summed E-state index contributed by atoms with van der Waals surface area (Å²) in [4.78, 5) is 27.0. The number of benzene rings is 1. The predicted octanol–water partition coefficient (Wildman–Crippen LogP) is 2.58. The van der Waals surface area contributed by atoms with E-state index in [0.29, 0.717) is 19.6 Å². The topological polar surface area (TPSA) is 52.7 Å². The number of hydrogen-bond acceptors (Lipinski definition) is 3. The first-order valence-corrected chi connectivity index (χ1v) is 8.28. The predicted molar refractivity (Wildman–Crippen MR) is 86.8 cm³/mol. The van der Waals surface area contributed by atoms with Gasteiger partial charge in [-0.3, -0.25) is 9.69 Å². The van der Waals surface area contributed by atoms with Crippen molar-refractivity contribution in [1.29, 1.82) is 0 Å². The van der Waals surface area contributed by atoms with E-state index in [9.17, 15) is 18.4 Å². The molecule has 0 unspecified atom stereocenters. The first-order valence-electron chi connectivity index (χ1n) is 7.34. The van der Waals surface area contributed by atoms with Crippen LogP contribution in [0.15, 0.2) is 35.0 Å². The highest BCUT2D eigenvalue weighted by Gasteiger charge is 2.31. The average Bonchev–Trinajstić information content (AvgIpc) is 3.19. The van der Waals surface area contributed by atoms with Gasteiger partial charge in [0.2, 0.25) is 5.91 Å². The standard InChI is InChI=1S/C16H15F2N3O2S/c17-13-2-1-12(7-14(13)18)21-5-4-20(16(21)23)9-15(22)19-8-11-3-6-24-10-11/h1-3,6-7,10H,4-5,8-9H2,(H,19,22). The van der Waals surface area contributed by atoms with E-state index in [4.69, 9.17) is 0 Å². The molecule has 1 aliphatic rings. The largest absolute Gasteiger partial charge is 0.350 e. The third-order valence-corrected chi connectivity index (χ3v) is 4.45. The number of anilines is 1. The van der Waals surface area contributed by atoms with E-state index in [1.807, 2.05) is 16.8 Å². The Balaban J connectivity index is 1.57. The lowest BCUT2D eigenvalue weighted by molar-refractivity contribution is -0.121. The maximum Gasteiger partial charge on any atom is 0.325 e. The zero-order chi connectivity index (χ0) is 17.1. The van der Waals surface area contributed by atoms with Gasteiger partial charge in [-0.1, -0.05) is 0 Å². The van der Waals surface area contributed by atoms with Crippen LogP contribution in [0, 0.1) is 11.6 Å². The van der Waals surface area contributed by atoms with Gasteiger partial charge in [0, 0.05) is 31.4 Å². The van der Waals surface area contributed by atoms with Gasteiger partial charge in [-0.05, 0) is 34.5 Å². The van der Waals surface area contributed by atoms with Gasteiger partial charge in [0.25, 0.3) is 0 Å². The number of rotatable bonds is 5. The monoisotopic (exact) mass is 351 g/mol. The molecule has 3 rings (SSSR count). The minimum Gasteiger partial charge on any atom is -0.350 e. The van der Waals surface area contributed by atoms with Crippen LogP contribution in [0.4, 0.5) is 19.3 Å². The molecule has 8 heteroatoms. The molecule has 1 saturated heterocycles. The molecule has 1 N–H and O–H groups in total. The second-order valence-corrected chi connectivity index (χ2v) is 6.14. The summed E-state index contributed by atoms with van der Waals surface area (Å²) < 4.78 is 26.3. The van der Waals surface area contributed by atoms with E-state index in [0.717, 1.165) is 17.7 Å². The molecule has 1 aromatic heterocycles. The molecule has 1 aliphatic heterocycles. The normalized spacial score (nSPS) is 14.3. The van der Waals surface area contributed by atoms with Crippen molar-refractivity contribution in [3.63, 3.8) is 0 Å². The van der Waals surface area contributed by atoms with E-state index >= 15 is 0 Å². The number of hydrogen-bond donors (Lipinski definition) is 1. The molecule has 1 fully saturated rings. The van der Waals surface area contributed by atoms with Gasteiger partial charge in [0.1, 0.15) is 6.54 Å². The summed E-state index contributed by atoms with van der Waals surface area (Å²) in [5, 5.41) is 6.61. The highest BCUT2D eigenvalue weighted by Crippen LogP contribution is 2.22. The molecular weight excluding hydrogens is 336 g/mol. The molecule has 0 radical (unpaired) electrons. The Kier molecular flexibility index (Phi) is 4.75. The average molecular weight is 351 g/mol. The quantitative estimate of drug-likeness (QED) is 0.900. The molecule has 0 saturated carbocycles. The van der Waals surface area contributed by atoms with Gasteiger partial charge in [-0.15, -0.1) is 0 Å². The minimum atomic E-state index is -1.01. The Hall–Kier alpha value is -2.48. The lowest BCUT2D eigenvalue weighted by atomic mass is 10.3. The Bertz CT molecular complexity index is 752. The number of thiophene rings is 1. The first kappa shape index (κ1) is 16.4. The van der Waals surface area contributed by atoms with Crippen LogP contribution in [0.5, 0.6) is 0 Å². The smallest absolute Gasteiger partial charge is 0.325 e. The third kappa shape index (κ3) is 3.53. The number of carbonyl (C=O) groups excluding carboxylic acids is 2. The lowest BCUT2D eigenvalue weighted by Gasteiger charge is -2.18. The highest BCUT2D eigenvalue weighted by atomic mass is 32.1. The molecule has 1 aromatic carbocycles. The van der Waals surface area contributed by atoms with Crippen molar-refractivity contribution >= 4 is 29.0 Å². The second-order valence-electron chi connectivity index (χ2n) is 5.36. The summed E-state index contributed by atoms with van der Waals surface area (Å²) in [6.07, 6.45) is 0. The van der Waals surface area contributed by atoms with Crippen LogP contribution in [0.2, 0.25) is 0 Å². The van der Waals surface area contributed by atoms with Crippen molar-refractivity contribution < 1.29 is 18.4 Å². The van der Waals surface area contributed by atoms with E-state index in [2.05, 4.69) is 5.32 Å². The van der Waals surface area contributed by atoms with Gasteiger partial charge in [0.05, 0.1) is 0 Å². The SMILES string of the molecule is O=C(CN1CCN(c2ccc(F)c(F)c2)C1=O)NCc1ccsc1. The molecule has 0 bridgehead atoms. The molecule has 3 amide bonds. The second kappa shape index (κ2) is 6.96. The van der Waals surface area contributed by atoms with Gasteiger partial charge >= 0.3 is 6.03 Å². The fourth-order valence-corrected chi connectivity index (χ4v) is 3.11. The Morgan fingerprint density at radius 2 is 2.04 bits per heavy atom. The molecule has 0 spiro atoms. The number of carbonyl (C=O) groups is 2. The van der Waals surface area contributed by atoms with Crippen LogP contribution in [0.1, 0.15) is 5.56 Å². The molecule has 0 atom stereocenters. The summed E-state index contributed by atoms with van der Waals surface area (Å²) in [5.41, 5.74) is 1.28. The minimum absolute atomic E-state index is 0.0663.